The Labute approximate surface area is 87.8 Å². The van der Waals surface area contributed by atoms with Crippen LogP contribution in [-0.4, -0.2) is 24.7 Å². The molecule has 2 aromatic rings. The lowest BCUT2D eigenvalue weighted by molar-refractivity contribution is 0.527. The highest BCUT2D eigenvalue weighted by Crippen LogP contribution is 2.05. The summed E-state index contributed by atoms with van der Waals surface area (Å²) in [6.07, 6.45) is 5.22. The summed E-state index contributed by atoms with van der Waals surface area (Å²) in [5.74, 6) is 1.84. The van der Waals surface area contributed by atoms with E-state index in [9.17, 15) is 0 Å². The van der Waals surface area contributed by atoms with Gasteiger partial charge in [0.05, 0.1) is 12.6 Å². The highest BCUT2D eigenvalue weighted by molar-refractivity contribution is 4.94. The molecular formula is C9H14N6. The van der Waals surface area contributed by atoms with Crippen molar-refractivity contribution in [2.45, 2.75) is 19.5 Å². The minimum absolute atomic E-state index is 0.143. The van der Waals surface area contributed by atoms with Crippen LogP contribution in [0, 0.1) is 0 Å². The molecule has 15 heavy (non-hydrogen) atoms. The van der Waals surface area contributed by atoms with Gasteiger partial charge in [0.25, 0.3) is 0 Å². The Bertz CT molecular complexity index is 404. The van der Waals surface area contributed by atoms with Gasteiger partial charge in [-0.05, 0) is 6.92 Å². The van der Waals surface area contributed by atoms with Crippen LogP contribution < -0.4 is 5.32 Å². The molecule has 6 heteroatoms. The highest BCUT2D eigenvalue weighted by atomic mass is 15.2. The summed E-state index contributed by atoms with van der Waals surface area (Å²) in [6.45, 7) is 2.74. The van der Waals surface area contributed by atoms with Crippen LogP contribution in [-0.2, 0) is 13.6 Å². The summed E-state index contributed by atoms with van der Waals surface area (Å²) in [7, 11) is 1.98. The van der Waals surface area contributed by atoms with E-state index in [1.54, 1.807) is 6.20 Å². The molecule has 0 bridgehead atoms. The lowest BCUT2D eigenvalue weighted by atomic mass is 10.3. The van der Waals surface area contributed by atoms with Gasteiger partial charge in [0.2, 0.25) is 0 Å². The van der Waals surface area contributed by atoms with Gasteiger partial charge in [-0.15, -0.1) is 0 Å². The number of hydrogen-bond donors (Lipinski definition) is 2. The Morgan fingerprint density at radius 1 is 1.53 bits per heavy atom. The Kier molecular flexibility index (Phi) is 2.77. The lowest BCUT2D eigenvalue weighted by Gasteiger charge is -2.10. The molecule has 2 heterocycles. The van der Waals surface area contributed by atoms with Crippen molar-refractivity contribution in [2.24, 2.45) is 7.05 Å². The Hall–Kier alpha value is -1.69. The SMILES string of the molecule is CC(NCc1nccn1C)c1ncn[nH]1. The van der Waals surface area contributed by atoms with Crippen LogP contribution in [0.25, 0.3) is 0 Å². The molecule has 2 aromatic heterocycles. The molecule has 2 rings (SSSR count). The predicted octanol–water partition coefficient (Wildman–Crippen LogP) is 0.389. The van der Waals surface area contributed by atoms with Gasteiger partial charge >= 0.3 is 0 Å². The Morgan fingerprint density at radius 3 is 3.00 bits per heavy atom. The van der Waals surface area contributed by atoms with Gasteiger partial charge in [-0.2, -0.15) is 5.10 Å². The molecule has 1 atom stereocenters. The molecule has 0 aromatic carbocycles. The third-order valence-corrected chi connectivity index (χ3v) is 2.33. The number of aryl methyl sites for hydroxylation is 1. The topological polar surface area (TPSA) is 71.4 Å². The quantitative estimate of drug-likeness (QED) is 0.759. The normalized spacial score (nSPS) is 12.9. The van der Waals surface area contributed by atoms with Crippen molar-refractivity contribution in [1.82, 2.24) is 30.0 Å². The van der Waals surface area contributed by atoms with E-state index >= 15 is 0 Å². The minimum atomic E-state index is 0.143. The van der Waals surface area contributed by atoms with Gasteiger partial charge in [-0.1, -0.05) is 0 Å². The number of aromatic amines is 1. The first kappa shape index (κ1) is 9.85. The van der Waals surface area contributed by atoms with Crippen molar-refractivity contribution in [3.8, 4) is 0 Å². The first-order valence-electron chi connectivity index (χ1n) is 4.82. The monoisotopic (exact) mass is 206 g/mol. The van der Waals surface area contributed by atoms with Crippen molar-refractivity contribution in [3.05, 3.63) is 30.4 Å². The van der Waals surface area contributed by atoms with Crippen LogP contribution in [0.1, 0.15) is 24.6 Å². The number of hydrogen-bond acceptors (Lipinski definition) is 4. The first-order chi connectivity index (χ1) is 7.27. The van der Waals surface area contributed by atoms with Crippen LogP contribution in [0.2, 0.25) is 0 Å². The van der Waals surface area contributed by atoms with Gasteiger partial charge in [-0.25, -0.2) is 9.97 Å². The van der Waals surface area contributed by atoms with Gasteiger partial charge < -0.3 is 9.88 Å². The summed E-state index contributed by atoms with van der Waals surface area (Å²) < 4.78 is 1.99. The van der Waals surface area contributed by atoms with Gasteiger partial charge in [0, 0.05) is 19.4 Å². The summed E-state index contributed by atoms with van der Waals surface area (Å²) >= 11 is 0. The van der Waals surface area contributed by atoms with Gasteiger partial charge in [0.15, 0.2) is 0 Å². The van der Waals surface area contributed by atoms with Crippen LogP contribution in [0.5, 0.6) is 0 Å². The Balaban J connectivity index is 1.91. The fraction of sp³-hybridized carbons (Fsp3) is 0.444. The average molecular weight is 206 g/mol. The zero-order valence-electron chi connectivity index (χ0n) is 8.81. The van der Waals surface area contributed by atoms with Crippen molar-refractivity contribution in [3.63, 3.8) is 0 Å². The number of nitrogens with one attached hydrogen (secondary N) is 2. The van der Waals surface area contributed by atoms with E-state index in [4.69, 9.17) is 0 Å². The molecule has 0 aliphatic rings. The van der Waals surface area contributed by atoms with E-state index in [1.807, 2.05) is 24.7 Å². The zero-order chi connectivity index (χ0) is 10.7. The molecule has 0 spiro atoms. The fourth-order valence-electron chi connectivity index (χ4n) is 1.33. The molecule has 1 unspecified atom stereocenters. The fourth-order valence-corrected chi connectivity index (χ4v) is 1.33. The van der Waals surface area contributed by atoms with E-state index in [1.165, 1.54) is 6.33 Å². The van der Waals surface area contributed by atoms with E-state index < -0.39 is 0 Å². The maximum absolute atomic E-state index is 4.22. The van der Waals surface area contributed by atoms with E-state index in [0.717, 1.165) is 11.6 Å². The number of imidazole rings is 1. The molecule has 2 N–H and O–H groups in total. The van der Waals surface area contributed by atoms with E-state index in [-0.39, 0.29) is 6.04 Å². The number of H-pyrrole nitrogens is 1. The van der Waals surface area contributed by atoms with E-state index in [0.29, 0.717) is 6.54 Å². The van der Waals surface area contributed by atoms with Gasteiger partial charge in [-0.3, -0.25) is 5.10 Å². The minimum Gasteiger partial charge on any atom is -0.337 e. The van der Waals surface area contributed by atoms with Crippen LogP contribution in [0.3, 0.4) is 0 Å². The highest BCUT2D eigenvalue weighted by Gasteiger charge is 2.08. The molecule has 0 fully saturated rings. The molecule has 0 amide bonds. The molecule has 6 nitrogen and oxygen atoms in total. The van der Waals surface area contributed by atoms with Crippen molar-refractivity contribution in [2.75, 3.05) is 0 Å². The average Bonchev–Trinajstić information content (AvgIpc) is 2.85. The van der Waals surface area contributed by atoms with Crippen molar-refractivity contribution in [1.29, 1.82) is 0 Å². The summed E-state index contributed by atoms with van der Waals surface area (Å²) in [5, 5.41) is 9.95. The van der Waals surface area contributed by atoms with Crippen molar-refractivity contribution >= 4 is 0 Å². The maximum atomic E-state index is 4.22. The summed E-state index contributed by atoms with van der Waals surface area (Å²) in [4.78, 5) is 8.31. The van der Waals surface area contributed by atoms with Gasteiger partial charge in [0.1, 0.15) is 18.0 Å². The standard InChI is InChI=1S/C9H14N6/c1-7(9-12-6-13-14-9)11-5-8-10-3-4-15(8)2/h3-4,6-7,11H,5H2,1-2H3,(H,12,13,14). The molecule has 80 valence electrons. The first-order valence-corrected chi connectivity index (χ1v) is 4.82. The summed E-state index contributed by atoms with van der Waals surface area (Å²) in [5.41, 5.74) is 0. The third-order valence-electron chi connectivity index (χ3n) is 2.33. The maximum Gasteiger partial charge on any atom is 0.141 e. The van der Waals surface area contributed by atoms with E-state index in [2.05, 4.69) is 25.5 Å². The molecular weight excluding hydrogens is 192 g/mol. The predicted molar refractivity (Wildman–Crippen MR) is 54.8 cm³/mol. The molecule has 0 aliphatic carbocycles. The van der Waals surface area contributed by atoms with Crippen LogP contribution in [0.4, 0.5) is 0 Å². The van der Waals surface area contributed by atoms with Crippen molar-refractivity contribution < 1.29 is 0 Å². The molecule has 0 saturated heterocycles. The lowest BCUT2D eigenvalue weighted by Crippen LogP contribution is -2.21. The Morgan fingerprint density at radius 2 is 2.40 bits per heavy atom. The second kappa shape index (κ2) is 4.22. The second-order valence-corrected chi connectivity index (χ2v) is 3.43. The van der Waals surface area contributed by atoms with Crippen LogP contribution in [0.15, 0.2) is 18.7 Å². The molecule has 0 saturated carbocycles. The number of rotatable bonds is 4. The third kappa shape index (κ3) is 2.21. The second-order valence-electron chi connectivity index (χ2n) is 3.43. The summed E-state index contributed by atoms with van der Waals surface area (Å²) in [6, 6.07) is 0.143. The number of nitrogens with zero attached hydrogens (tertiary/aromatic N) is 4. The zero-order valence-corrected chi connectivity index (χ0v) is 8.81. The molecule has 0 radical (unpaired) electrons. The molecule has 0 aliphatic heterocycles. The van der Waals surface area contributed by atoms with Crippen LogP contribution >= 0.6 is 0 Å². The number of aromatic nitrogens is 5. The largest absolute Gasteiger partial charge is 0.337 e. The smallest absolute Gasteiger partial charge is 0.141 e.